The number of nitrogens with one attached hydrogen (secondary N) is 2. The number of hydrogen-bond acceptors (Lipinski definition) is 5. The number of piperidine rings is 1. The highest BCUT2D eigenvalue weighted by atomic mass is 16.6. The van der Waals surface area contributed by atoms with Gasteiger partial charge in [0.1, 0.15) is 11.4 Å². The molecule has 0 atom stereocenters. The third-order valence-corrected chi connectivity index (χ3v) is 4.67. The van der Waals surface area contributed by atoms with E-state index >= 15 is 0 Å². The second-order valence-electron chi connectivity index (χ2n) is 8.23. The van der Waals surface area contributed by atoms with Gasteiger partial charge in [-0.05, 0) is 51.7 Å². The van der Waals surface area contributed by atoms with Crippen LogP contribution in [-0.4, -0.2) is 59.7 Å². The van der Waals surface area contributed by atoms with Crippen LogP contribution in [-0.2, 0) is 9.53 Å². The lowest BCUT2D eigenvalue weighted by atomic mass is 9.96. The number of likely N-dealkylation sites (tertiary alicyclic amines) is 1. The normalized spacial score (nSPS) is 14.9. The quantitative estimate of drug-likeness (QED) is 0.673. The monoisotopic (exact) mass is 405 g/mol. The molecule has 0 aliphatic carbocycles. The minimum atomic E-state index is -0.565. The fourth-order valence-corrected chi connectivity index (χ4v) is 3.13. The predicted octanol–water partition coefficient (Wildman–Crippen LogP) is 2.28. The first kappa shape index (κ1) is 22.5. The molecule has 2 rings (SSSR count). The van der Waals surface area contributed by atoms with Gasteiger partial charge in [-0.25, -0.2) is 4.79 Å². The van der Waals surface area contributed by atoms with Crippen molar-refractivity contribution in [2.75, 3.05) is 26.2 Å². The lowest BCUT2D eigenvalue weighted by Crippen LogP contribution is -2.42. The zero-order chi connectivity index (χ0) is 21.4. The lowest BCUT2D eigenvalue weighted by molar-refractivity contribution is -0.132. The van der Waals surface area contributed by atoms with Crippen LogP contribution in [0, 0.1) is 5.92 Å². The van der Waals surface area contributed by atoms with Crippen molar-refractivity contribution >= 4 is 17.9 Å². The first-order chi connectivity index (χ1) is 13.7. The molecule has 1 heterocycles. The van der Waals surface area contributed by atoms with E-state index < -0.39 is 11.7 Å². The number of rotatable bonds is 6. The summed E-state index contributed by atoms with van der Waals surface area (Å²) in [5.74, 6) is -0.0493. The molecule has 1 saturated heterocycles. The Bertz CT molecular complexity index is 721. The number of phenolic OH excluding ortho intramolecular Hbond substituents is 1. The molecule has 1 aliphatic rings. The van der Waals surface area contributed by atoms with Crippen LogP contribution < -0.4 is 10.6 Å². The number of phenols is 1. The maximum absolute atomic E-state index is 12.3. The van der Waals surface area contributed by atoms with Gasteiger partial charge >= 0.3 is 6.09 Å². The van der Waals surface area contributed by atoms with Crippen molar-refractivity contribution in [2.45, 2.75) is 45.6 Å². The van der Waals surface area contributed by atoms with E-state index in [4.69, 9.17) is 4.74 Å². The number of nitrogens with zero attached hydrogens (tertiary/aromatic N) is 1. The molecule has 160 valence electrons. The Morgan fingerprint density at radius 3 is 2.41 bits per heavy atom. The number of ether oxygens (including phenoxy) is 1. The summed E-state index contributed by atoms with van der Waals surface area (Å²) in [6.07, 6.45) is 1.30. The highest BCUT2D eigenvalue weighted by molar-refractivity contribution is 5.96. The summed E-state index contributed by atoms with van der Waals surface area (Å²) in [6, 6.07) is 6.44. The number of benzene rings is 1. The van der Waals surface area contributed by atoms with E-state index in [0.29, 0.717) is 19.6 Å². The van der Waals surface area contributed by atoms with Crippen molar-refractivity contribution in [2.24, 2.45) is 5.92 Å². The molecule has 0 aromatic heterocycles. The predicted molar refractivity (Wildman–Crippen MR) is 109 cm³/mol. The van der Waals surface area contributed by atoms with Crippen LogP contribution >= 0.6 is 0 Å². The molecule has 1 aliphatic heterocycles. The Balaban J connectivity index is 1.65. The van der Waals surface area contributed by atoms with Crippen LogP contribution in [0.1, 0.15) is 50.4 Å². The van der Waals surface area contributed by atoms with Gasteiger partial charge in [0.2, 0.25) is 5.91 Å². The Kier molecular flexibility index (Phi) is 7.87. The molecule has 3 amide bonds. The number of carbonyl (C=O) groups is 3. The van der Waals surface area contributed by atoms with Crippen molar-refractivity contribution in [1.29, 1.82) is 0 Å². The molecule has 0 spiro atoms. The van der Waals surface area contributed by atoms with Crippen molar-refractivity contribution < 1.29 is 24.2 Å². The summed E-state index contributed by atoms with van der Waals surface area (Å²) in [6.45, 7) is 7.36. The van der Waals surface area contributed by atoms with Crippen LogP contribution in [0.5, 0.6) is 5.75 Å². The van der Waals surface area contributed by atoms with E-state index in [-0.39, 0.29) is 42.0 Å². The van der Waals surface area contributed by atoms with E-state index in [0.717, 1.165) is 12.8 Å². The molecule has 3 N–H and O–H groups in total. The zero-order valence-corrected chi connectivity index (χ0v) is 17.4. The van der Waals surface area contributed by atoms with E-state index in [1.54, 1.807) is 43.9 Å². The maximum atomic E-state index is 12.3. The van der Waals surface area contributed by atoms with Crippen LogP contribution in [0.25, 0.3) is 0 Å². The Morgan fingerprint density at radius 1 is 1.14 bits per heavy atom. The highest BCUT2D eigenvalue weighted by Crippen LogP contribution is 2.19. The number of alkyl carbamates (subject to hydrolysis) is 1. The Hall–Kier alpha value is -2.77. The van der Waals surface area contributed by atoms with E-state index in [1.165, 1.54) is 6.07 Å². The summed E-state index contributed by atoms with van der Waals surface area (Å²) in [5, 5.41) is 15.2. The molecule has 0 bridgehead atoms. The fourth-order valence-electron chi connectivity index (χ4n) is 3.13. The third-order valence-electron chi connectivity index (χ3n) is 4.67. The molecule has 1 aromatic carbocycles. The van der Waals surface area contributed by atoms with Crippen LogP contribution in [0.15, 0.2) is 24.3 Å². The van der Waals surface area contributed by atoms with Crippen LogP contribution in [0.4, 0.5) is 4.79 Å². The standard InChI is InChI=1S/C21H31N3O5/c1-21(2,3)29-20(28)22-11-8-18(26)24-12-9-15(10-13-24)14-23-19(27)16-6-4-5-7-17(16)25/h4-7,15,25H,8-14H2,1-3H3,(H,22,28)(H,23,27). The zero-order valence-electron chi connectivity index (χ0n) is 17.4. The summed E-state index contributed by atoms with van der Waals surface area (Å²) in [5.41, 5.74) is -0.303. The maximum Gasteiger partial charge on any atom is 0.407 e. The lowest BCUT2D eigenvalue weighted by Gasteiger charge is -2.32. The van der Waals surface area contributed by atoms with Crippen molar-refractivity contribution in [3.63, 3.8) is 0 Å². The molecular formula is C21H31N3O5. The molecule has 8 nitrogen and oxygen atoms in total. The van der Waals surface area contributed by atoms with Gasteiger partial charge in [0.25, 0.3) is 5.91 Å². The van der Waals surface area contributed by atoms with Crippen molar-refractivity contribution in [3.8, 4) is 5.75 Å². The van der Waals surface area contributed by atoms with Gasteiger partial charge in [0.05, 0.1) is 5.56 Å². The first-order valence-electron chi connectivity index (χ1n) is 9.96. The van der Waals surface area contributed by atoms with Gasteiger partial charge < -0.3 is 25.4 Å². The molecule has 1 fully saturated rings. The molecule has 8 heteroatoms. The van der Waals surface area contributed by atoms with E-state index in [1.807, 2.05) is 0 Å². The van der Waals surface area contributed by atoms with Gasteiger partial charge in [-0.2, -0.15) is 0 Å². The third kappa shape index (κ3) is 7.63. The molecule has 29 heavy (non-hydrogen) atoms. The average Bonchev–Trinajstić information content (AvgIpc) is 2.65. The Morgan fingerprint density at radius 2 is 1.79 bits per heavy atom. The second-order valence-corrected chi connectivity index (χ2v) is 8.23. The number of carbonyl (C=O) groups excluding carboxylic acids is 3. The average molecular weight is 405 g/mol. The van der Waals surface area contributed by atoms with Gasteiger partial charge in [-0.15, -0.1) is 0 Å². The molecule has 0 unspecified atom stereocenters. The van der Waals surface area contributed by atoms with Crippen LogP contribution in [0.3, 0.4) is 0 Å². The van der Waals surface area contributed by atoms with E-state index in [2.05, 4.69) is 10.6 Å². The molecular weight excluding hydrogens is 374 g/mol. The van der Waals surface area contributed by atoms with Gasteiger partial charge in [-0.3, -0.25) is 9.59 Å². The van der Waals surface area contributed by atoms with Crippen molar-refractivity contribution in [3.05, 3.63) is 29.8 Å². The topological polar surface area (TPSA) is 108 Å². The summed E-state index contributed by atoms with van der Waals surface area (Å²) < 4.78 is 5.14. The fraction of sp³-hybridized carbons (Fsp3) is 0.571. The minimum absolute atomic E-state index is 0.00208. The largest absolute Gasteiger partial charge is 0.507 e. The second kappa shape index (κ2) is 10.1. The van der Waals surface area contributed by atoms with Gasteiger partial charge in [-0.1, -0.05) is 12.1 Å². The SMILES string of the molecule is CC(C)(C)OC(=O)NCCC(=O)N1CCC(CNC(=O)c2ccccc2O)CC1. The smallest absolute Gasteiger partial charge is 0.407 e. The van der Waals surface area contributed by atoms with Gasteiger partial charge in [0.15, 0.2) is 0 Å². The summed E-state index contributed by atoms with van der Waals surface area (Å²) in [4.78, 5) is 37.8. The van der Waals surface area contributed by atoms with Crippen molar-refractivity contribution in [1.82, 2.24) is 15.5 Å². The van der Waals surface area contributed by atoms with Crippen LogP contribution in [0.2, 0.25) is 0 Å². The molecule has 1 aromatic rings. The summed E-state index contributed by atoms with van der Waals surface area (Å²) >= 11 is 0. The minimum Gasteiger partial charge on any atom is -0.507 e. The van der Waals surface area contributed by atoms with E-state index in [9.17, 15) is 19.5 Å². The molecule has 0 radical (unpaired) electrons. The van der Waals surface area contributed by atoms with Gasteiger partial charge in [0, 0.05) is 32.6 Å². The first-order valence-corrected chi connectivity index (χ1v) is 9.96. The number of hydrogen-bond donors (Lipinski definition) is 3. The Labute approximate surface area is 171 Å². The number of amides is 3. The number of aromatic hydroxyl groups is 1. The highest BCUT2D eigenvalue weighted by Gasteiger charge is 2.23. The number of para-hydroxylation sites is 1. The molecule has 0 saturated carbocycles. The summed E-state index contributed by atoms with van der Waals surface area (Å²) in [7, 11) is 0.